The van der Waals surface area contributed by atoms with E-state index < -0.39 is 0 Å². The molecule has 5 nitrogen and oxygen atoms in total. The third kappa shape index (κ3) is 5.91. The lowest BCUT2D eigenvalue weighted by Gasteiger charge is -2.17. The van der Waals surface area contributed by atoms with Crippen molar-refractivity contribution in [3.05, 3.63) is 23.2 Å². The van der Waals surface area contributed by atoms with Gasteiger partial charge in [-0.25, -0.2) is 0 Å². The second-order valence-electron chi connectivity index (χ2n) is 4.82. The van der Waals surface area contributed by atoms with Gasteiger partial charge < -0.3 is 20.5 Å². The van der Waals surface area contributed by atoms with Gasteiger partial charge in [-0.3, -0.25) is 4.79 Å². The van der Waals surface area contributed by atoms with E-state index in [9.17, 15) is 4.79 Å². The van der Waals surface area contributed by atoms with E-state index in [1.165, 1.54) is 0 Å². The number of benzene rings is 1. The Hall–Kier alpha value is -1.30. The zero-order valence-corrected chi connectivity index (χ0v) is 13.4. The molecule has 0 aliphatic rings. The minimum atomic E-state index is -0.305. The van der Waals surface area contributed by atoms with Crippen LogP contribution in [0.2, 0.25) is 5.02 Å². The Morgan fingerprint density at radius 1 is 1.38 bits per heavy atom. The van der Waals surface area contributed by atoms with Gasteiger partial charge in [0.05, 0.1) is 18.2 Å². The molecule has 1 amide bonds. The molecule has 0 saturated heterocycles. The van der Waals surface area contributed by atoms with Crippen LogP contribution < -0.4 is 15.8 Å². The second-order valence-corrected chi connectivity index (χ2v) is 5.26. The first kappa shape index (κ1) is 17.8. The lowest BCUT2D eigenvalue weighted by Crippen LogP contribution is -2.34. The first-order valence-electron chi connectivity index (χ1n) is 7.02. The summed E-state index contributed by atoms with van der Waals surface area (Å²) in [7, 11) is 0. The van der Waals surface area contributed by atoms with E-state index in [1.807, 2.05) is 6.92 Å². The van der Waals surface area contributed by atoms with Crippen molar-refractivity contribution < 1.29 is 14.3 Å². The van der Waals surface area contributed by atoms with E-state index in [0.717, 1.165) is 0 Å². The van der Waals surface area contributed by atoms with Crippen molar-refractivity contribution in [2.45, 2.75) is 26.8 Å². The zero-order chi connectivity index (χ0) is 15.8. The van der Waals surface area contributed by atoms with Crippen LogP contribution >= 0.6 is 11.6 Å². The Morgan fingerprint density at radius 3 is 2.71 bits per heavy atom. The van der Waals surface area contributed by atoms with Gasteiger partial charge >= 0.3 is 0 Å². The number of hydrogen-bond donors (Lipinski definition) is 2. The van der Waals surface area contributed by atoms with E-state index in [2.05, 4.69) is 5.32 Å². The lowest BCUT2D eigenvalue weighted by molar-refractivity contribution is -0.119. The smallest absolute Gasteiger partial charge is 0.228 e. The normalized spacial score (nSPS) is 13.6. The molecule has 0 saturated carbocycles. The SMILES string of the molecule is CCOCCOc1ccc(Cl)cc1NC(=O)C(C)C(C)N. The maximum absolute atomic E-state index is 12.1. The largest absolute Gasteiger partial charge is 0.489 e. The molecule has 0 heterocycles. The van der Waals surface area contributed by atoms with E-state index in [0.29, 0.717) is 36.3 Å². The van der Waals surface area contributed by atoms with Crippen molar-refractivity contribution in [3.63, 3.8) is 0 Å². The molecule has 1 aromatic rings. The molecule has 118 valence electrons. The third-order valence-corrected chi connectivity index (χ3v) is 3.33. The number of nitrogens with two attached hydrogens (primary N) is 1. The maximum Gasteiger partial charge on any atom is 0.228 e. The first-order valence-corrected chi connectivity index (χ1v) is 7.40. The van der Waals surface area contributed by atoms with Gasteiger partial charge in [0.1, 0.15) is 12.4 Å². The van der Waals surface area contributed by atoms with Crippen LogP contribution in [0.1, 0.15) is 20.8 Å². The number of ether oxygens (including phenoxy) is 2. The summed E-state index contributed by atoms with van der Waals surface area (Å²) >= 11 is 5.97. The lowest BCUT2D eigenvalue weighted by atomic mass is 10.0. The summed E-state index contributed by atoms with van der Waals surface area (Å²) < 4.78 is 10.8. The summed E-state index contributed by atoms with van der Waals surface area (Å²) in [4.78, 5) is 12.1. The summed E-state index contributed by atoms with van der Waals surface area (Å²) in [5, 5.41) is 3.33. The minimum absolute atomic E-state index is 0.165. The van der Waals surface area contributed by atoms with Crippen LogP contribution in [0, 0.1) is 5.92 Å². The number of carbonyl (C=O) groups excluding carboxylic acids is 1. The highest BCUT2D eigenvalue weighted by Gasteiger charge is 2.18. The van der Waals surface area contributed by atoms with E-state index in [4.69, 9.17) is 26.8 Å². The van der Waals surface area contributed by atoms with E-state index >= 15 is 0 Å². The maximum atomic E-state index is 12.1. The predicted molar refractivity (Wildman–Crippen MR) is 84.9 cm³/mol. The van der Waals surface area contributed by atoms with Crippen molar-refractivity contribution >= 4 is 23.2 Å². The van der Waals surface area contributed by atoms with Crippen LogP contribution in [0.4, 0.5) is 5.69 Å². The van der Waals surface area contributed by atoms with E-state index in [1.54, 1.807) is 32.0 Å². The molecule has 0 spiro atoms. The zero-order valence-electron chi connectivity index (χ0n) is 12.7. The number of anilines is 1. The Balaban J connectivity index is 2.74. The van der Waals surface area contributed by atoms with Crippen molar-refractivity contribution in [1.82, 2.24) is 0 Å². The Kier molecular flexibility index (Phi) is 7.50. The number of amides is 1. The Morgan fingerprint density at radius 2 is 2.10 bits per heavy atom. The van der Waals surface area contributed by atoms with Crippen LogP contribution in [0.25, 0.3) is 0 Å². The molecule has 0 aliphatic heterocycles. The van der Waals surface area contributed by atoms with Crippen molar-refractivity contribution in [2.75, 3.05) is 25.1 Å². The molecule has 1 aromatic carbocycles. The van der Waals surface area contributed by atoms with Gasteiger partial charge in [-0.2, -0.15) is 0 Å². The fourth-order valence-electron chi connectivity index (χ4n) is 1.57. The number of nitrogens with one attached hydrogen (secondary N) is 1. The molecule has 0 radical (unpaired) electrons. The summed E-state index contributed by atoms with van der Waals surface area (Å²) in [5.74, 6) is 0.0894. The van der Waals surface area contributed by atoms with Crippen LogP contribution in [0.5, 0.6) is 5.75 Å². The Bertz CT molecular complexity index is 466. The van der Waals surface area contributed by atoms with Gasteiger partial charge in [-0.05, 0) is 32.0 Å². The molecule has 0 bridgehead atoms. The van der Waals surface area contributed by atoms with Gasteiger partial charge in [0.2, 0.25) is 5.91 Å². The van der Waals surface area contributed by atoms with Gasteiger partial charge in [0, 0.05) is 17.7 Å². The van der Waals surface area contributed by atoms with Gasteiger partial charge in [0.15, 0.2) is 0 Å². The van der Waals surface area contributed by atoms with Crippen molar-refractivity contribution in [1.29, 1.82) is 0 Å². The Labute approximate surface area is 130 Å². The van der Waals surface area contributed by atoms with Gasteiger partial charge in [0.25, 0.3) is 0 Å². The van der Waals surface area contributed by atoms with Gasteiger partial charge in [-0.15, -0.1) is 0 Å². The second kappa shape index (κ2) is 8.87. The molecule has 0 aliphatic carbocycles. The molecule has 0 aromatic heterocycles. The third-order valence-electron chi connectivity index (χ3n) is 3.09. The molecule has 21 heavy (non-hydrogen) atoms. The summed E-state index contributed by atoms with van der Waals surface area (Å²) in [5.41, 5.74) is 6.28. The highest BCUT2D eigenvalue weighted by atomic mass is 35.5. The van der Waals surface area contributed by atoms with E-state index in [-0.39, 0.29) is 17.9 Å². The van der Waals surface area contributed by atoms with Crippen LogP contribution in [0.3, 0.4) is 0 Å². The number of halogens is 1. The average Bonchev–Trinajstić information content (AvgIpc) is 2.44. The highest BCUT2D eigenvalue weighted by molar-refractivity contribution is 6.31. The fraction of sp³-hybridized carbons (Fsp3) is 0.533. The quantitative estimate of drug-likeness (QED) is 0.724. The number of carbonyl (C=O) groups is 1. The standard InChI is InChI=1S/C15H23ClN2O3/c1-4-20-7-8-21-14-6-5-12(16)9-13(14)18-15(19)10(2)11(3)17/h5-6,9-11H,4,7-8,17H2,1-3H3,(H,18,19). The van der Waals surface area contributed by atoms with Crippen LogP contribution in [-0.4, -0.2) is 31.8 Å². The first-order chi connectivity index (χ1) is 9.95. The number of hydrogen-bond acceptors (Lipinski definition) is 4. The molecular formula is C15H23ClN2O3. The molecular weight excluding hydrogens is 292 g/mol. The fourth-order valence-corrected chi connectivity index (χ4v) is 1.74. The molecule has 2 atom stereocenters. The predicted octanol–water partition coefficient (Wildman–Crippen LogP) is 2.68. The minimum Gasteiger partial charge on any atom is -0.489 e. The molecule has 2 unspecified atom stereocenters. The topological polar surface area (TPSA) is 73.6 Å². The summed E-state index contributed by atoms with van der Waals surface area (Å²) in [6.07, 6.45) is 0. The molecule has 3 N–H and O–H groups in total. The van der Waals surface area contributed by atoms with Gasteiger partial charge in [-0.1, -0.05) is 18.5 Å². The average molecular weight is 315 g/mol. The molecule has 6 heteroatoms. The van der Waals surface area contributed by atoms with Crippen molar-refractivity contribution in [2.24, 2.45) is 11.7 Å². The monoisotopic (exact) mass is 314 g/mol. The van der Waals surface area contributed by atoms with Crippen LogP contribution in [-0.2, 0) is 9.53 Å². The highest BCUT2D eigenvalue weighted by Crippen LogP contribution is 2.28. The molecule has 1 rings (SSSR count). The summed E-state index contributed by atoms with van der Waals surface area (Å²) in [6, 6.07) is 4.86. The number of rotatable bonds is 8. The van der Waals surface area contributed by atoms with Crippen LogP contribution in [0.15, 0.2) is 18.2 Å². The molecule has 0 fully saturated rings. The summed E-state index contributed by atoms with van der Waals surface area (Å²) in [6.45, 7) is 7.02. The van der Waals surface area contributed by atoms with Crippen molar-refractivity contribution in [3.8, 4) is 5.75 Å².